The second kappa shape index (κ2) is 7.89. The maximum Gasteiger partial charge on any atom is 0.0894 e. The van der Waals surface area contributed by atoms with Crippen LogP contribution in [0, 0.1) is 0 Å². The van der Waals surface area contributed by atoms with Crippen molar-refractivity contribution in [3.8, 4) is 0 Å². The highest BCUT2D eigenvalue weighted by Crippen LogP contribution is 1.98. The zero-order valence-electron chi connectivity index (χ0n) is 6.12. The first kappa shape index (κ1) is 8.89. The van der Waals surface area contributed by atoms with Gasteiger partial charge >= 0.3 is 0 Å². The molecule has 0 aromatic heterocycles. The molecule has 0 aromatic rings. The summed E-state index contributed by atoms with van der Waals surface area (Å²) in [5, 5.41) is 3.05. The molecule has 56 valence electrons. The van der Waals surface area contributed by atoms with Crippen molar-refractivity contribution < 1.29 is 4.39 Å². The van der Waals surface area contributed by atoms with Crippen LogP contribution < -0.4 is 5.32 Å². The highest BCUT2D eigenvalue weighted by atomic mass is 19.1. The molecular weight excluding hydrogens is 117 g/mol. The van der Waals surface area contributed by atoms with Crippen LogP contribution in [0.5, 0.6) is 0 Å². The first-order chi connectivity index (χ1) is 4.41. The third-order valence-electron chi connectivity index (χ3n) is 1.31. The van der Waals surface area contributed by atoms with Crippen LogP contribution in [0.2, 0.25) is 0 Å². The molecule has 0 spiro atoms. The summed E-state index contributed by atoms with van der Waals surface area (Å²) >= 11 is 0. The van der Waals surface area contributed by atoms with Crippen LogP contribution in [0.1, 0.15) is 25.7 Å². The van der Waals surface area contributed by atoms with Crippen molar-refractivity contribution in [1.29, 1.82) is 0 Å². The summed E-state index contributed by atoms with van der Waals surface area (Å²) in [5.74, 6) is 0. The van der Waals surface area contributed by atoms with Gasteiger partial charge in [-0.15, -0.1) is 0 Å². The Hall–Kier alpha value is -0.110. The maximum atomic E-state index is 11.5. The van der Waals surface area contributed by atoms with E-state index in [2.05, 4.69) is 5.32 Å². The fourth-order valence-corrected chi connectivity index (χ4v) is 0.750. The Morgan fingerprint density at radius 2 is 1.78 bits per heavy atom. The van der Waals surface area contributed by atoms with Crippen molar-refractivity contribution in [2.45, 2.75) is 25.7 Å². The number of hydrogen-bond acceptors (Lipinski definition) is 1. The van der Waals surface area contributed by atoms with E-state index in [4.69, 9.17) is 0 Å². The standard InChI is InChI=1S/C7H16FN/c1-9-7-5-3-2-4-6-8/h9H,2-7H2,1H3. The molecule has 0 atom stereocenters. The van der Waals surface area contributed by atoms with E-state index in [1.165, 1.54) is 6.42 Å². The van der Waals surface area contributed by atoms with Crippen LogP contribution in [-0.4, -0.2) is 20.3 Å². The van der Waals surface area contributed by atoms with E-state index in [9.17, 15) is 4.39 Å². The average Bonchev–Trinajstić information content (AvgIpc) is 1.89. The second-order valence-electron chi connectivity index (χ2n) is 2.21. The monoisotopic (exact) mass is 133 g/mol. The Kier molecular flexibility index (Phi) is 7.79. The Labute approximate surface area is 56.6 Å². The van der Waals surface area contributed by atoms with Crippen molar-refractivity contribution in [3.05, 3.63) is 0 Å². The fourth-order valence-electron chi connectivity index (χ4n) is 0.750. The van der Waals surface area contributed by atoms with Crippen LogP contribution in [-0.2, 0) is 0 Å². The molecule has 0 heterocycles. The van der Waals surface area contributed by atoms with Gasteiger partial charge in [-0.3, -0.25) is 4.39 Å². The minimum absolute atomic E-state index is 0.153. The SMILES string of the molecule is CNCCCCCCF. The predicted octanol–water partition coefficient (Wildman–Crippen LogP) is 1.74. The van der Waals surface area contributed by atoms with Gasteiger partial charge in [0, 0.05) is 0 Å². The maximum absolute atomic E-state index is 11.5. The highest BCUT2D eigenvalue weighted by molar-refractivity contribution is 4.43. The molecule has 0 aliphatic carbocycles. The number of nitrogens with one attached hydrogen (secondary N) is 1. The molecule has 0 saturated carbocycles. The summed E-state index contributed by atoms with van der Waals surface area (Å²) in [4.78, 5) is 0. The van der Waals surface area contributed by atoms with Crippen molar-refractivity contribution in [1.82, 2.24) is 5.32 Å². The average molecular weight is 133 g/mol. The molecule has 0 rings (SSSR count). The fraction of sp³-hybridized carbons (Fsp3) is 1.00. The minimum atomic E-state index is -0.153. The Bertz CT molecular complexity index is 42.2. The molecule has 0 unspecified atom stereocenters. The molecule has 1 N–H and O–H groups in total. The van der Waals surface area contributed by atoms with E-state index in [1.807, 2.05) is 7.05 Å². The molecule has 0 aliphatic rings. The Morgan fingerprint density at radius 3 is 2.33 bits per heavy atom. The van der Waals surface area contributed by atoms with Gasteiger partial charge in [0.15, 0.2) is 0 Å². The van der Waals surface area contributed by atoms with E-state index in [-0.39, 0.29) is 6.67 Å². The molecule has 0 amide bonds. The molecular formula is C7H16FN. The van der Waals surface area contributed by atoms with Crippen molar-refractivity contribution in [2.24, 2.45) is 0 Å². The van der Waals surface area contributed by atoms with Gasteiger partial charge in [0.25, 0.3) is 0 Å². The van der Waals surface area contributed by atoms with Crippen molar-refractivity contribution in [3.63, 3.8) is 0 Å². The topological polar surface area (TPSA) is 12.0 Å². The molecule has 0 radical (unpaired) electrons. The minimum Gasteiger partial charge on any atom is -0.320 e. The Balaban J connectivity index is 2.60. The molecule has 0 aliphatic heterocycles. The lowest BCUT2D eigenvalue weighted by Gasteiger charge is -1.96. The van der Waals surface area contributed by atoms with Crippen LogP contribution >= 0.6 is 0 Å². The van der Waals surface area contributed by atoms with Crippen LogP contribution in [0.4, 0.5) is 4.39 Å². The first-order valence-corrected chi connectivity index (χ1v) is 3.62. The summed E-state index contributed by atoms with van der Waals surface area (Å²) in [7, 11) is 1.94. The summed E-state index contributed by atoms with van der Waals surface area (Å²) < 4.78 is 11.5. The lowest BCUT2D eigenvalue weighted by atomic mass is 10.2. The largest absolute Gasteiger partial charge is 0.320 e. The van der Waals surface area contributed by atoms with Gasteiger partial charge in [-0.2, -0.15) is 0 Å². The number of halogens is 1. The number of alkyl halides is 1. The van der Waals surface area contributed by atoms with E-state index >= 15 is 0 Å². The van der Waals surface area contributed by atoms with Gasteiger partial charge < -0.3 is 5.32 Å². The predicted molar refractivity (Wildman–Crippen MR) is 38.4 cm³/mol. The normalized spacial score (nSPS) is 10.0. The smallest absolute Gasteiger partial charge is 0.0894 e. The molecule has 2 heteroatoms. The van der Waals surface area contributed by atoms with Gasteiger partial charge in [0.05, 0.1) is 6.67 Å². The van der Waals surface area contributed by atoms with E-state index in [0.717, 1.165) is 25.8 Å². The summed E-state index contributed by atoms with van der Waals surface area (Å²) in [6.45, 7) is 0.909. The third kappa shape index (κ3) is 7.89. The van der Waals surface area contributed by atoms with Crippen LogP contribution in [0.15, 0.2) is 0 Å². The van der Waals surface area contributed by atoms with Gasteiger partial charge in [-0.05, 0) is 26.4 Å². The lowest BCUT2D eigenvalue weighted by Crippen LogP contribution is -2.06. The number of unbranched alkanes of at least 4 members (excludes halogenated alkanes) is 3. The van der Waals surface area contributed by atoms with Crippen LogP contribution in [0.3, 0.4) is 0 Å². The van der Waals surface area contributed by atoms with Crippen LogP contribution in [0.25, 0.3) is 0 Å². The molecule has 0 bridgehead atoms. The summed E-state index contributed by atoms with van der Waals surface area (Å²) in [6, 6.07) is 0. The number of hydrogen-bond donors (Lipinski definition) is 1. The molecule has 0 saturated heterocycles. The second-order valence-corrected chi connectivity index (χ2v) is 2.21. The molecule has 0 aromatic carbocycles. The number of rotatable bonds is 6. The zero-order valence-corrected chi connectivity index (χ0v) is 6.12. The van der Waals surface area contributed by atoms with E-state index in [0.29, 0.717) is 0 Å². The Morgan fingerprint density at radius 1 is 1.11 bits per heavy atom. The third-order valence-corrected chi connectivity index (χ3v) is 1.31. The summed E-state index contributed by atoms with van der Waals surface area (Å²) in [6.07, 6.45) is 4.11. The van der Waals surface area contributed by atoms with Crippen molar-refractivity contribution in [2.75, 3.05) is 20.3 Å². The van der Waals surface area contributed by atoms with Gasteiger partial charge in [0.1, 0.15) is 0 Å². The zero-order chi connectivity index (χ0) is 6.95. The molecule has 9 heavy (non-hydrogen) atoms. The lowest BCUT2D eigenvalue weighted by molar-refractivity contribution is 0.452. The van der Waals surface area contributed by atoms with E-state index in [1.54, 1.807) is 0 Å². The van der Waals surface area contributed by atoms with Gasteiger partial charge in [-0.25, -0.2) is 0 Å². The molecule has 0 fully saturated rings. The van der Waals surface area contributed by atoms with Gasteiger partial charge in [0.2, 0.25) is 0 Å². The quantitative estimate of drug-likeness (QED) is 0.544. The highest BCUT2D eigenvalue weighted by Gasteiger charge is 1.86. The first-order valence-electron chi connectivity index (χ1n) is 3.62. The summed E-state index contributed by atoms with van der Waals surface area (Å²) in [5.41, 5.74) is 0. The molecule has 1 nitrogen and oxygen atoms in total. The van der Waals surface area contributed by atoms with Gasteiger partial charge in [-0.1, -0.05) is 12.8 Å². The van der Waals surface area contributed by atoms with E-state index < -0.39 is 0 Å². The van der Waals surface area contributed by atoms with Crippen molar-refractivity contribution >= 4 is 0 Å².